The molecule has 2 aromatic carbocycles. The highest BCUT2D eigenvalue weighted by atomic mass is 32.2. The molecule has 34 heavy (non-hydrogen) atoms. The van der Waals surface area contributed by atoms with Gasteiger partial charge in [-0.2, -0.15) is 4.31 Å². The Morgan fingerprint density at radius 3 is 2.21 bits per heavy atom. The van der Waals surface area contributed by atoms with Gasteiger partial charge in [-0.15, -0.1) is 0 Å². The van der Waals surface area contributed by atoms with E-state index < -0.39 is 10.0 Å². The summed E-state index contributed by atoms with van der Waals surface area (Å²) in [7, 11) is -3.47. The van der Waals surface area contributed by atoms with Gasteiger partial charge >= 0.3 is 0 Å². The third-order valence-corrected chi connectivity index (χ3v) is 8.12. The Morgan fingerprint density at radius 1 is 0.941 bits per heavy atom. The lowest BCUT2D eigenvalue weighted by Crippen LogP contribution is -2.31. The lowest BCUT2D eigenvalue weighted by Gasteiger charge is -2.20. The zero-order valence-electron chi connectivity index (χ0n) is 20.1. The molecule has 0 aromatic heterocycles. The van der Waals surface area contributed by atoms with Crippen LogP contribution in [0.2, 0.25) is 0 Å². The molecule has 8 heteroatoms. The molecule has 1 heterocycles. The molecule has 0 aliphatic carbocycles. The van der Waals surface area contributed by atoms with Crippen LogP contribution in [-0.2, 0) is 21.2 Å². The second-order valence-corrected chi connectivity index (χ2v) is 10.5. The molecule has 1 saturated heterocycles. The van der Waals surface area contributed by atoms with Gasteiger partial charge < -0.3 is 10.2 Å². The van der Waals surface area contributed by atoms with Crippen molar-refractivity contribution in [3.63, 3.8) is 0 Å². The number of hydrogen-bond donors (Lipinski definition) is 1. The third kappa shape index (κ3) is 6.67. The summed E-state index contributed by atoms with van der Waals surface area (Å²) in [6, 6.07) is 13.8. The molecule has 1 N–H and O–H groups in total. The first-order chi connectivity index (χ1) is 16.3. The normalized spacial score (nSPS) is 14.9. The molecule has 2 amide bonds. The van der Waals surface area contributed by atoms with Crippen molar-refractivity contribution in [1.82, 2.24) is 9.21 Å². The van der Waals surface area contributed by atoms with Crippen molar-refractivity contribution in [2.75, 3.05) is 31.5 Å². The summed E-state index contributed by atoms with van der Waals surface area (Å²) in [5, 5.41) is 2.85. The summed E-state index contributed by atoms with van der Waals surface area (Å²) in [4.78, 5) is 27.0. The zero-order valence-corrected chi connectivity index (χ0v) is 20.9. The minimum atomic E-state index is -3.47. The Kier molecular flexibility index (Phi) is 9.24. The van der Waals surface area contributed by atoms with E-state index in [-0.39, 0.29) is 18.2 Å². The fourth-order valence-corrected chi connectivity index (χ4v) is 5.68. The highest BCUT2D eigenvalue weighted by molar-refractivity contribution is 7.89. The van der Waals surface area contributed by atoms with E-state index in [1.807, 2.05) is 13.8 Å². The predicted molar refractivity (Wildman–Crippen MR) is 134 cm³/mol. The summed E-state index contributed by atoms with van der Waals surface area (Å²) in [6.07, 6.45) is 4.70. The second kappa shape index (κ2) is 12.1. The molecule has 1 aliphatic rings. The van der Waals surface area contributed by atoms with Crippen molar-refractivity contribution in [3.05, 3.63) is 59.7 Å². The van der Waals surface area contributed by atoms with E-state index in [1.165, 1.54) is 0 Å². The molecule has 3 rings (SSSR count). The van der Waals surface area contributed by atoms with Gasteiger partial charge in [-0.05, 0) is 69.0 Å². The number of amides is 2. The molecular weight excluding hydrogens is 450 g/mol. The summed E-state index contributed by atoms with van der Waals surface area (Å²) in [5.41, 5.74) is 2.03. The van der Waals surface area contributed by atoms with Crippen molar-refractivity contribution in [2.24, 2.45) is 0 Å². The van der Waals surface area contributed by atoms with Gasteiger partial charge in [0.25, 0.3) is 5.91 Å². The molecule has 0 spiro atoms. The smallest absolute Gasteiger partial charge is 0.253 e. The second-order valence-electron chi connectivity index (χ2n) is 8.57. The fourth-order valence-electron chi connectivity index (χ4n) is 4.16. The number of benzene rings is 2. The number of anilines is 1. The van der Waals surface area contributed by atoms with E-state index >= 15 is 0 Å². The Hall–Kier alpha value is -2.71. The summed E-state index contributed by atoms with van der Waals surface area (Å²) < 4.78 is 27.4. The first kappa shape index (κ1) is 25.9. The van der Waals surface area contributed by atoms with Crippen LogP contribution in [0.15, 0.2) is 53.4 Å². The number of aryl methyl sites for hydroxylation is 1. The minimum Gasteiger partial charge on any atom is -0.339 e. The van der Waals surface area contributed by atoms with E-state index in [0.29, 0.717) is 48.7 Å². The topological polar surface area (TPSA) is 86.8 Å². The number of hydrogen-bond acceptors (Lipinski definition) is 4. The van der Waals surface area contributed by atoms with Crippen molar-refractivity contribution in [2.45, 2.75) is 57.3 Å². The lowest BCUT2D eigenvalue weighted by atomic mass is 10.1. The van der Waals surface area contributed by atoms with Crippen LogP contribution >= 0.6 is 0 Å². The maximum absolute atomic E-state index is 12.9. The molecule has 1 aliphatic heterocycles. The number of carbonyl (C=O) groups excluding carboxylic acids is 2. The molecule has 184 valence electrons. The average molecular weight is 486 g/mol. The van der Waals surface area contributed by atoms with Gasteiger partial charge in [0.1, 0.15) is 0 Å². The molecule has 0 saturated carbocycles. The molecule has 0 bridgehead atoms. The van der Waals surface area contributed by atoms with E-state index in [1.54, 1.807) is 57.7 Å². The monoisotopic (exact) mass is 485 g/mol. The number of nitrogens with one attached hydrogen (secondary N) is 1. The fraction of sp³-hybridized carbons (Fsp3) is 0.462. The highest BCUT2D eigenvalue weighted by Crippen LogP contribution is 2.21. The van der Waals surface area contributed by atoms with E-state index in [2.05, 4.69) is 5.32 Å². The van der Waals surface area contributed by atoms with Gasteiger partial charge in [0.2, 0.25) is 15.9 Å². The first-order valence-corrected chi connectivity index (χ1v) is 13.6. The van der Waals surface area contributed by atoms with E-state index in [9.17, 15) is 18.0 Å². The standard InChI is InChI=1S/C26H35N3O4S/c1-3-28(4-2)26(31)22-10-9-11-23(20-22)27-25(30)17-14-21-12-15-24(16-13-21)34(32,33)29-18-7-5-6-8-19-29/h9-13,15-16,20H,3-8,14,17-19H2,1-2H3,(H,27,30). The maximum Gasteiger partial charge on any atom is 0.253 e. The molecular formula is C26H35N3O4S. The molecule has 1 fully saturated rings. The summed E-state index contributed by atoms with van der Waals surface area (Å²) in [6.45, 7) is 6.28. The largest absolute Gasteiger partial charge is 0.339 e. The Bertz CT molecular complexity index is 1070. The third-order valence-electron chi connectivity index (χ3n) is 6.21. The van der Waals surface area contributed by atoms with E-state index in [4.69, 9.17) is 0 Å². The minimum absolute atomic E-state index is 0.0590. The van der Waals surface area contributed by atoms with Gasteiger partial charge in [-0.3, -0.25) is 9.59 Å². The molecule has 0 radical (unpaired) electrons. The molecule has 2 aromatic rings. The predicted octanol–water partition coefficient (Wildman–Crippen LogP) is 4.30. The zero-order chi connectivity index (χ0) is 24.6. The summed E-state index contributed by atoms with van der Waals surface area (Å²) >= 11 is 0. The van der Waals surface area contributed by atoms with Gasteiger partial charge in [-0.25, -0.2) is 8.42 Å². The molecule has 0 unspecified atom stereocenters. The van der Waals surface area contributed by atoms with Crippen molar-refractivity contribution >= 4 is 27.5 Å². The van der Waals surface area contributed by atoms with Crippen molar-refractivity contribution < 1.29 is 18.0 Å². The average Bonchev–Trinajstić information content (AvgIpc) is 3.14. The van der Waals surface area contributed by atoms with Gasteiger partial charge in [0.05, 0.1) is 4.90 Å². The van der Waals surface area contributed by atoms with Gasteiger partial charge in [0.15, 0.2) is 0 Å². The van der Waals surface area contributed by atoms with Crippen LogP contribution in [-0.4, -0.2) is 55.6 Å². The molecule has 7 nitrogen and oxygen atoms in total. The van der Waals surface area contributed by atoms with Crippen LogP contribution in [0.5, 0.6) is 0 Å². The van der Waals surface area contributed by atoms with Crippen LogP contribution in [0.4, 0.5) is 5.69 Å². The number of nitrogens with zero attached hydrogens (tertiary/aromatic N) is 2. The highest BCUT2D eigenvalue weighted by Gasteiger charge is 2.25. The lowest BCUT2D eigenvalue weighted by molar-refractivity contribution is -0.116. The number of sulfonamides is 1. The van der Waals surface area contributed by atoms with Crippen molar-refractivity contribution in [3.8, 4) is 0 Å². The van der Waals surface area contributed by atoms with Crippen LogP contribution < -0.4 is 5.32 Å². The van der Waals surface area contributed by atoms with Crippen LogP contribution in [0, 0.1) is 0 Å². The van der Waals surface area contributed by atoms with Gasteiger partial charge in [-0.1, -0.05) is 31.0 Å². The van der Waals surface area contributed by atoms with Crippen LogP contribution in [0.25, 0.3) is 0 Å². The van der Waals surface area contributed by atoms with Crippen LogP contribution in [0.3, 0.4) is 0 Å². The maximum atomic E-state index is 12.9. The Morgan fingerprint density at radius 2 is 1.59 bits per heavy atom. The van der Waals surface area contributed by atoms with Crippen LogP contribution in [0.1, 0.15) is 61.9 Å². The first-order valence-electron chi connectivity index (χ1n) is 12.1. The number of carbonyl (C=O) groups is 2. The van der Waals surface area contributed by atoms with Gasteiger partial charge in [0, 0.05) is 43.9 Å². The Balaban J connectivity index is 1.56. The quantitative estimate of drug-likeness (QED) is 0.574. The van der Waals surface area contributed by atoms with E-state index in [0.717, 1.165) is 31.2 Å². The summed E-state index contributed by atoms with van der Waals surface area (Å²) in [5.74, 6) is -0.218. The number of rotatable bonds is 9. The van der Waals surface area contributed by atoms with Crippen molar-refractivity contribution in [1.29, 1.82) is 0 Å². The SMILES string of the molecule is CCN(CC)C(=O)c1cccc(NC(=O)CCc2ccc(S(=O)(=O)N3CCCCCC3)cc2)c1. The molecule has 0 atom stereocenters. The Labute approximate surface area is 203 Å².